The van der Waals surface area contributed by atoms with Gasteiger partial charge in [-0.2, -0.15) is 0 Å². The molecule has 1 spiro atoms. The van der Waals surface area contributed by atoms with Crippen LogP contribution in [0.15, 0.2) is 63.0 Å². The number of benzene rings is 2. The number of anilines is 1. The van der Waals surface area contributed by atoms with Gasteiger partial charge in [0.25, 0.3) is 0 Å². The molecule has 0 N–H and O–H groups in total. The van der Waals surface area contributed by atoms with Crippen molar-refractivity contribution in [2.75, 3.05) is 11.2 Å². The van der Waals surface area contributed by atoms with Crippen molar-refractivity contribution in [1.82, 2.24) is 0 Å². The number of nitrogens with zero attached hydrogens (tertiary/aromatic N) is 3. The second-order valence-electron chi connectivity index (χ2n) is 6.92. The second kappa shape index (κ2) is 8.66. The molecule has 0 amide bonds. The van der Waals surface area contributed by atoms with E-state index in [-0.39, 0.29) is 29.5 Å². The van der Waals surface area contributed by atoms with Crippen LogP contribution in [0.2, 0.25) is 0 Å². The number of aliphatic imine (C=N–C) groups is 2. The van der Waals surface area contributed by atoms with Gasteiger partial charge in [0.2, 0.25) is 0 Å². The molecular formula is C21H23BrIN3S. The molecule has 1 aliphatic heterocycles. The summed E-state index contributed by atoms with van der Waals surface area (Å²) in [6.07, 6.45) is 6.74. The van der Waals surface area contributed by atoms with Crippen LogP contribution in [0.4, 0.5) is 11.4 Å². The molecule has 2 aliphatic rings. The Morgan fingerprint density at radius 1 is 1.11 bits per heavy atom. The average Bonchev–Trinajstić information content (AvgIpc) is 3.23. The Kier molecular flexibility index (Phi) is 6.69. The van der Waals surface area contributed by atoms with Gasteiger partial charge >= 0.3 is 0 Å². The summed E-state index contributed by atoms with van der Waals surface area (Å²) in [6, 6.07) is 16.9. The van der Waals surface area contributed by atoms with Crippen LogP contribution in [0.1, 0.15) is 31.2 Å². The highest BCUT2D eigenvalue weighted by Crippen LogP contribution is 2.45. The van der Waals surface area contributed by atoms with Gasteiger partial charge in [0.1, 0.15) is 5.54 Å². The highest BCUT2D eigenvalue weighted by molar-refractivity contribution is 14.0. The molecule has 0 radical (unpaired) electrons. The molecule has 2 aromatic rings. The summed E-state index contributed by atoms with van der Waals surface area (Å²) in [7, 11) is 0. The quantitative estimate of drug-likeness (QED) is 0.375. The molecule has 1 heterocycles. The first kappa shape index (κ1) is 20.9. The molecule has 1 fully saturated rings. The molecular weight excluding hydrogens is 533 g/mol. The fourth-order valence-corrected chi connectivity index (χ4v) is 4.87. The third-order valence-electron chi connectivity index (χ3n) is 5.17. The van der Waals surface area contributed by atoms with Crippen molar-refractivity contribution >= 4 is 74.0 Å². The van der Waals surface area contributed by atoms with Crippen molar-refractivity contribution in [3.8, 4) is 0 Å². The molecule has 0 saturated heterocycles. The van der Waals surface area contributed by atoms with Crippen molar-refractivity contribution in [3.63, 3.8) is 0 Å². The third kappa shape index (κ3) is 3.98. The Morgan fingerprint density at radius 2 is 1.81 bits per heavy atom. The fraction of sp³-hybridized carbons (Fsp3) is 0.333. The molecule has 4 rings (SSSR count). The van der Waals surface area contributed by atoms with Crippen LogP contribution in [0.5, 0.6) is 0 Å². The van der Waals surface area contributed by atoms with Gasteiger partial charge in [-0.15, -0.1) is 24.0 Å². The first-order valence-corrected chi connectivity index (χ1v) is 11.0. The summed E-state index contributed by atoms with van der Waals surface area (Å²) in [5.74, 6) is 0.966. The molecule has 27 heavy (non-hydrogen) atoms. The van der Waals surface area contributed by atoms with Crippen LogP contribution in [0.25, 0.3) is 0 Å². The molecule has 1 aliphatic carbocycles. The van der Waals surface area contributed by atoms with Crippen LogP contribution >= 0.6 is 51.7 Å². The SMILES string of the molecule is CSC1=NC(=Nc2cccc(C)c2)C2(CCCC2)N1c1ccc(Br)cc1.I. The zero-order chi connectivity index (χ0) is 18.1. The van der Waals surface area contributed by atoms with E-state index in [2.05, 4.69) is 82.5 Å². The summed E-state index contributed by atoms with van der Waals surface area (Å²) < 4.78 is 1.09. The first-order chi connectivity index (χ1) is 12.6. The number of thioether (sulfide) groups is 1. The van der Waals surface area contributed by atoms with Crippen LogP contribution in [-0.4, -0.2) is 22.8 Å². The van der Waals surface area contributed by atoms with E-state index in [0.29, 0.717) is 0 Å². The van der Waals surface area contributed by atoms with Gasteiger partial charge in [0.05, 0.1) is 5.69 Å². The van der Waals surface area contributed by atoms with Gasteiger partial charge in [-0.3, -0.25) is 0 Å². The maximum absolute atomic E-state index is 5.01. The van der Waals surface area contributed by atoms with Crippen molar-refractivity contribution in [2.45, 2.75) is 38.1 Å². The Hall–Kier alpha value is -0.860. The van der Waals surface area contributed by atoms with E-state index >= 15 is 0 Å². The summed E-state index contributed by atoms with van der Waals surface area (Å²) in [4.78, 5) is 12.4. The molecule has 6 heteroatoms. The molecule has 142 valence electrons. The fourth-order valence-electron chi connectivity index (χ4n) is 3.97. The standard InChI is InChI=1S/C21H22BrN3S.HI/c1-15-6-5-7-17(14-15)23-19-21(12-3-4-13-21)25(20(24-19)26-2)18-10-8-16(22)9-11-18;/h5-11,14H,3-4,12-13H2,1-2H3;1H. The van der Waals surface area contributed by atoms with Gasteiger partial charge in [-0.05, 0) is 68.0 Å². The highest BCUT2D eigenvalue weighted by Gasteiger charge is 2.50. The average molecular weight is 556 g/mol. The Balaban J connectivity index is 0.00000210. The van der Waals surface area contributed by atoms with Crippen LogP contribution < -0.4 is 4.90 Å². The van der Waals surface area contributed by atoms with E-state index in [1.165, 1.54) is 24.1 Å². The predicted molar refractivity (Wildman–Crippen MR) is 132 cm³/mol. The Labute approximate surface area is 190 Å². The van der Waals surface area contributed by atoms with Crippen molar-refractivity contribution in [1.29, 1.82) is 0 Å². The van der Waals surface area contributed by atoms with E-state index in [1.54, 1.807) is 11.8 Å². The number of hydrogen-bond donors (Lipinski definition) is 0. The maximum atomic E-state index is 5.01. The van der Waals surface area contributed by atoms with Gasteiger partial charge in [-0.25, -0.2) is 9.98 Å². The summed E-state index contributed by atoms with van der Waals surface area (Å²) >= 11 is 5.25. The van der Waals surface area contributed by atoms with E-state index < -0.39 is 0 Å². The van der Waals surface area contributed by atoms with Gasteiger partial charge in [0, 0.05) is 10.2 Å². The summed E-state index contributed by atoms with van der Waals surface area (Å²) in [6.45, 7) is 2.11. The minimum atomic E-state index is -0.115. The molecule has 0 aromatic heterocycles. The third-order valence-corrected chi connectivity index (χ3v) is 6.34. The van der Waals surface area contributed by atoms with E-state index in [9.17, 15) is 0 Å². The lowest BCUT2D eigenvalue weighted by Crippen LogP contribution is -2.49. The predicted octanol–water partition coefficient (Wildman–Crippen LogP) is 6.96. The second-order valence-corrected chi connectivity index (χ2v) is 8.61. The van der Waals surface area contributed by atoms with Crippen molar-refractivity contribution in [2.24, 2.45) is 9.98 Å². The van der Waals surface area contributed by atoms with E-state index in [0.717, 1.165) is 34.0 Å². The maximum Gasteiger partial charge on any atom is 0.170 e. The molecule has 0 atom stereocenters. The summed E-state index contributed by atoms with van der Waals surface area (Å²) in [5.41, 5.74) is 3.30. The highest BCUT2D eigenvalue weighted by atomic mass is 127. The number of aryl methyl sites for hydroxylation is 1. The lowest BCUT2D eigenvalue weighted by atomic mass is 9.94. The van der Waals surface area contributed by atoms with Crippen LogP contribution in [0.3, 0.4) is 0 Å². The van der Waals surface area contributed by atoms with E-state index in [1.807, 2.05) is 0 Å². The summed E-state index contributed by atoms with van der Waals surface area (Å²) in [5, 5.41) is 1.04. The Bertz CT molecular complexity index is 873. The van der Waals surface area contributed by atoms with Gasteiger partial charge in [-0.1, -0.05) is 52.7 Å². The minimum absolute atomic E-state index is 0. The van der Waals surface area contributed by atoms with E-state index in [4.69, 9.17) is 9.98 Å². The van der Waals surface area contributed by atoms with Gasteiger partial charge < -0.3 is 4.90 Å². The largest absolute Gasteiger partial charge is 0.307 e. The smallest absolute Gasteiger partial charge is 0.170 e. The zero-order valence-corrected chi connectivity index (χ0v) is 20.2. The lowest BCUT2D eigenvalue weighted by molar-refractivity contribution is 0.592. The van der Waals surface area contributed by atoms with Crippen LogP contribution in [0, 0.1) is 6.92 Å². The number of halogens is 2. The van der Waals surface area contributed by atoms with Gasteiger partial charge in [0.15, 0.2) is 11.0 Å². The minimum Gasteiger partial charge on any atom is -0.307 e. The van der Waals surface area contributed by atoms with Crippen LogP contribution in [-0.2, 0) is 0 Å². The Morgan fingerprint density at radius 3 is 2.44 bits per heavy atom. The molecule has 1 saturated carbocycles. The van der Waals surface area contributed by atoms with Crippen molar-refractivity contribution < 1.29 is 0 Å². The number of amidine groups is 2. The number of rotatable bonds is 2. The molecule has 2 aromatic carbocycles. The zero-order valence-electron chi connectivity index (χ0n) is 15.5. The molecule has 3 nitrogen and oxygen atoms in total. The normalized spacial score (nSPS) is 19.4. The first-order valence-electron chi connectivity index (χ1n) is 8.97. The number of hydrogen-bond acceptors (Lipinski definition) is 3. The topological polar surface area (TPSA) is 28.0 Å². The lowest BCUT2D eigenvalue weighted by Gasteiger charge is -2.36. The monoisotopic (exact) mass is 555 g/mol. The van der Waals surface area contributed by atoms with Crippen molar-refractivity contribution in [3.05, 3.63) is 58.6 Å². The molecule has 0 bridgehead atoms. The molecule has 0 unspecified atom stereocenters.